The van der Waals surface area contributed by atoms with Crippen molar-refractivity contribution in [3.05, 3.63) is 54.1 Å². The monoisotopic (exact) mass is 608 g/mol. The fraction of sp³-hybridized carbons (Fsp3) is 0.567. The number of ether oxygens (including phenoxy) is 1. The molecule has 228 valence electrons. The van der Waals surface area contributed by atoms with Crippen LogP contribution in [-0.4, -0.2) is 73.4 Å². The van der Waals surface area contributed by atoms with E-state index in [0.29, 0.717) is 17.2 Å². The zero-order valence-electron chi connectivity index (χ0n) is 24.1. The number of unbranched alkanes of at least 4 members (excludes halogenated alkanes) is 1. The van der Waals surface area contributed by atoms with Crippen molar-refractivity contribution in [2.45, 2.75) is 83.0 Å². The Bertz CT molecular complexity index is 1190. The number of urea groups is 1. The first-order chi connectivity index (χ1) is 19.2. The summed E-state index contributed by atoms with van der Waals surface area (Å²) in [6.45, 7) is 5.61. The van der Waals surface area contributed by atoms with Crippen LogP contribution in [0.4, 0.5) is 10.5 Å². The van der Waals surface area contributed by atoms with Gasteiger partial charge in [-0.25, -0.2) is 13.2 Å². The molecular weight excluding hydrogens is 564 g/mol. The van der Waals surface area contributed by atoms with Gasteiger partial charge in [-0.15, -0.1) is 12.4 Å². The first-order valence-electron chi connectivity index (χ1n) is 14.5. The van der Waals surface area contributed by atoms with E-state index >= 15 is 0 Å². The van der Waals surface area contributed by atoms with Crippen LogP contribution >= 0.6 is 12.4 Å². The molecule has 1 aliphatic heterocycles. The molecule has 2 fully saturated rings. The third kappa shape index (κ3) is 10.4. The van der Waals surface area contributed by atoms with E-state index < -0.39 is 16.1 Å². The Labute approximate surface area is 251 Å². The number of hydrogen-bond donors (Lipinski definition) is 3. The van der Waals surface area contributed by atoms with Crippen molar-refractivity contribution in [3.8, 4) is 11.5 Å². The largest absolute Gasteiger partial charge is 0.457 e. The molecule has 1 saturated heterocycles. The Hall–Kier alpha value is -2.53. The minimum atomic E-state index is -3.31. The number of benzene rings is 2. The van der Waals surface area contributed by atoms with Crippen molar-refractivity contribution in [2.75, 3.05) is 30.6 Å². The summed E-state index contributed by atoms with van der Waals surface area (Å²) in [6, 6.07) is 14.9. The predicted octanol–water partition coefficient (Wildman–Crippen LogP) is 5.35. The summed E-state index contributed by atoms with van der Waals surface area (Å²) >= 11 is 0. The number of carbonyl (C=O) groups excluding carboxylic acids is 1. The topological polar surface area (TPSA) is 111 Å². The van der Waals surface area contributed by atoms with Crippen LogP contribution in [0.5, 0.6) is 11.5 Å². The van der Waals surface area contributed by atoms with Gasteiger partial charge in [-0.05, 0) is 74.1 Å². The lowest BCUT2D eigenvalue weighted by Gasteiger charge is -2.40. The molecule has 11 heteroatoms. The van der Waals surface area contributed by atoms with Crippen molar-refractivity contribution in [1.82, 2.24) is 15.1 Å². The average Bonchev–Trinajstić information content (AvgIpc) is 2.92. The summed E-state index contributed by atoms with van der Waals surface area (Å²) in [5, 5.41) is 13.5. The molecule has 2 atom stereocenters. The minimum absolute atomic E-state index is 0. The molecule has 0 aromatic heterocycles. The van der Waals surface area contributed by atoms with Gasteiger partial charge in [-0.1, -0.05) is 38.3 Å². The smallest absolute Gasteiger partial charge is 0.317 e. The molecule has 0 radical (unpaired) electrons. The molecule has 1 saturated carbocycles. The van der Waals surface area contributed by atoms with Gasteiger partial charge in [0.05, 0.1) is 18.4 Å². The number of amides is 2. The van der Waals surface area contributed by atoms with Crippen molar-refractivity contribution in [2.24, 2.45) is 0 Å². The highest BCUT2D eigenvalue weighted by Gasteiger charge is 2.31. The SMILES string of the molecule is CCCCN(C(=O)N[C@H]1CCCC[C@@H]1O)C1CCN(Cc2ccc(Oc3ccc(NS(C)(=O)=O)cc3)cc2)CC1.Cl. The van der Waals surface area contributed by atoms with Crippen LogP contribution in [0.2, 0.25) is 0 Å². The normalized spacial score (nSPS) is 20.1. The molecule has 4 rings (SSSR count). The highest BCUT2D eigenvalue weighted by Crippen LogP contribution is 2.25. The first-order valence-corrected chi connectivity index (χ1v) is 16.4. The number of halogens is 1. The van der Waals surface area contributed by atoms with Gasteiger partial charge in [-0.3, -0.25) is 9.62 Å². The minimum Gasteiger partial charge on any atom is -0.457 e. The maximum atomic E-state index is 13.2. The molecule has 1 heterocycles. The molecule has 9 nitrogen and oxygen atoms in total. The summed E-state index contributed by atoms with van der Waals surface area (Å²) in [6.07, 6.45) is 8.29. The zero-order valence-corrected chi connectivity index (χ0v) is 25.8. The summed E-state index contributed by atoms with van der Waals surface area (Å²) in [5.74, 6) is 1.34. The van der Waals surface area contributed by atoms with Crippen LogP contribution in [-0.2, 0) is 16.6 Å². The number of hydrogen-bond acceptors (Lipinski definition) is 6. The molecular formula is C30H45ClN4O5S. The van der Waals surface area contributed by atoms with Crippen LogP contribution in [0.25, 0.3) is 0 Å². The predicted molar refractivity (Wildman–Crippen MR) is 165 cm³/mol. The van der Waals surface area contributed by atoms with E-state index in [0.717, 1.165) is 83.8 Å². The zero-order chi connectivity index (χ0) is 28.5. The molecule has 2 aliphatic rings. The van der Waals surface area contributed by atoms with Crippen molar-refractivity contribution in [1.29, 1.82) is 0 Å². The van der Waals surface area contributed by atoms with E-state index in [9.17, 15) is 18.3 Å². The maximum absolute atomic E-state index is 13.2. The van der Waals surface area contributed by atoms with Crippen molar-refractivity contribution >= 4 is 34.1 Å². The molecule has 2 aromatic rings. The van der Waals surface area contributed by atoms with Crippen LogP contribution in [0.1, 0.15) is 63.9 Å². The summed E-state index contributed by atoms with van der Waals surface area (Å²) in [7, 11) is -3.31. The number of rotatable bonds is 11. The molecule has 0 unspecified atom stereocenters. The number of likely N-dealkylation sites (tertiary alicyclic amines) is 1. The summed E-state index contributed by atoms with van der Waals surface area (Å²) < 4.78 is 31.1. The standard InChI is InChI=1S/C30H44N4O5S.ClH/c1-3-4-19-34(30(36)31-28-7-5-6-8-29(28)35)25-17-20-33(21-18-25)22-23-9-13-26(14-10-23)39-27-15-11-24(12-16-27)32-40(2,37)38;/h9-16,25,28-29,32,35H,3-8,17-22H2,1-2H3,(H,31,36);1H/t28-,29-;/m0./s1. The second-order valence-electron chi connectivity index (χ2n) is 11.1. The average molecular weight is 609 g/mol. The van der Waals surface area contributed by atoms with Gasteiger partial charge in [0.1, 0.15) is 11.5 Å². The fourth-order valence-electron chi connectivity index (χ4n) is 5.55. The summed E-state index contributed by atoms with van der Waals surface area (Å²) in [5.41, 5.74) is 1.69. The van der Waals surface area contributed by atoms with Gasteiger partial charge < -0.3 is 20.1 Å². The van der Waals surface area contributed by atoms with Gasteiger partial charge >= 0.3 is 6.03 Å². The Kier molecular flexibility index (Phi) is 12.6. The van der Waals surface area contributed by atoms with Crippen LogP contribution in [0.15, 0.2) is 48.5 Å². The van der Waals surface area contributed by atoms with Crippen LogP contribution < -0.4 is 14.8 Å². The number of nitrogens with one attached hydrogen (secondary N) is 2. The number of anilines is 1. The Morgan fingerprint density at radius 3 is 2.20 bits per heavy atom. The van der Waals surface area contributed by atoms with E-state index in [1.165, 1.54) is 5.56 Å². The number of sulfonamides is 1. The third-order valence-corrected chi connectivity index (χ3v) is 8.38. The molecule has 3 N–H and O–H groups in total. The highest BCUT2D eigenvalue weighted by atomic mass is 35.5. The first kappa shape index (κ1) is 33.0. The molecule has 41 heavy (non-hydrogen) atoms. The van der Waals surface area contributed by atoms with E-state index in [1.54, 1.807) is 24.3 Å². The molecule has 0 bridgehead atoms. The third-order valence-electron chi connectivity index (χ3n) is 7.77. The second kappa shape index (κ2) is 15.6. The second-order valence-corrected chi connectivity index (χ2v) is 12.9. The number of piperidine rings is 1. The highest BCUT2D eigenvalue weighted by molar-refractivity contribution is 7.92. The van der Waals surface area contributed by atoms with Crippen LogP contribution in [0.3, 0.4) is 0 Å². The Balaban J connectivity index is 0.00000462. The fourth-order valence-corrected chi connectivity index (χ4v) is 6.12. The van der Waals surface area contributed by atoms with Gasteiger partial charge in [0, 0.05) is 37.9 Å². The molecule has 1 aliphatic carbocycles. The number of aliphatic hydroxyl groups excluding tert-OH is 1. The lowest BCUT2D eigenvalue weighted by molar-refractivity contribution is 0.0801. The molecule has 2 amide bonds. The molecule has 2 aromatic carbocycles. The van der Waals surface area contributed by atoms with Crippen LogP contribution in [0, 0.1) is 0 Å². The van der Waals surface area contributed by atoms with Gasteiger partial charge in [0.2, 0.25) is 10.0 Å². The van der Waals surface area contributed by atoms with Gasteiger partial charge in [0.15, 0.2) is 0 Å². The Morgan fingerprint density at radius 1 is 1.00 bits per heavy atom. The van der Waals surface area contributed by atoms with Crippen molar-refractivity contribution in [3.63, 3.8) is 0 Å². The van der Waals surface area contributed by atoms with E-state index in [2.05, 4.69) is 34.0 Å². The van der Waals surface area contributed by atoms with E-state index in [1.807, 2.05) is 17.0 Å². The van der Waals surface area contributed by atoms with Gasteiger partial charge in [0.25, 0.3) is 0 Å². The van der Waals surface area contributed by atoms with E-state index in [-0.39, 0.29) is 30.5 Å². The quantitative estimate of drug-likeness (QED) is 0.317. The molecule has 0 spiro atoms. The lowest BCUT2D eigenvalue weighted by Crippen LogP contribution is -2.55. The number of nitrogens with zero attached hydrogens (tertiary/aromatic N) is 2. The van der Waals surface area contributed by atoms with Crippen molar-refractivity contribution < 1.29 is 23.1 Å². The van der Waals surface area contributed by atoms with Gasteiger partial charge in [-0.2, -0.15) is 0 Å². The summed E-state index contributed by atoms with van der Waals surface area (Å²) in [4.78, 5) is 17.7. The maximum Gasteiger partial charge on any atom is 0.317 e. The van der Waals surface area contributed by atoms with E-state index in [4.69, 9.17) is 4.74 Å². The number of aliphatic hydroxyl groups is 1. The number of carbonyl (C=O) groups is 1. The Morgan fingerprint density at radius 2 is 1.61 bits per heavy atom. The lowest BCUT2D eigenvalue weighted by atomic mass is 9.92.